The number of aromatic nitrogens is 4. The summed E-state index contributed by atoms with van der Waals surface area (Å²) in [7, 11) is 1.64. The molecule has 4 rings (SSSR count). The summed E-state index contributed by atoms with van der Waals surface area (Å²) >= 11 is 0. The number of nitrogens with one attached hydrogen (secondary N) is 1. The van der Waals surface area contributed by atoms with Crippen molar-refractivity contribution in [1.29, 1.82) is 5.26 Å². The van der Waals surface area contributed by atoms with Gasteiger partial charge < -0.3 is 0 Å². The Morgan fingerprint density at radius 3 is 2.22 bits per heavy atom. The van der Waals surface area contributed by atoms with Gasteiger partial charge in [-0.3, -0.25) is 14.6 Å². The second-order valence-corrected chi connectivity index (χ2v) is 8.42. The van der Waals surface area contributed by atoms with Crippen molar-refractivity contribution in [2.75, 3.05) is 0 Å². The number of para-hydroxylation sites is 1. The largest absolute Gasteiger partial charge is 0.297 e. The van der Waals surface area contributed by atoms with E-state index in [0.717, 1.165) is 11.3 Å². The van der Waals surface area contributed by atoms with Gasteiger partial charge in [0.05, 0.1) is 11.4 Å². The number of nitriles is 1. The molecule has 0 amide bonds. The summed E-state index contributed by atoms with van der Waals surface area (Å²) in [5, 5.41) is 26.4. The van der Waals surface area contributed by atoms with Crippen molar-refractivity contribution in [2.24, 2.45) is 17.3 Å². The number of aryl methyl sites for hydroxylation is 1. The Labute approximate surface area is 185 Å². The van der Waals surface area contributed by atoms with E-state index in [4.69, 9.17) is 0 Å². The first-order chi connectivity index (χ1) is 15.3. The van der Waals surface area contributed by atoms with E-state index in [-0.39, 0.29) is 28.0 Å². The van der Waals surface area contributed by atoms with Crippen LogP contribution in [0.15, 0.2) is 75.7 Å². The van der Waals surface area contributed by atoms with Crippen LogP contribution in [0.1, 0.15) is 32.0 Å². The number of hydrogen-bond donors (Lipinski definition) is 1. The minimum atomic E-state index is -0.346. The number of H-pyrrole nitrogens is 1. The van der Waals surface area contributed by atoms with Gasteiger partial charge in [-0.2, -0.15) is 10.4 Å². The van der Waals surface area contributed by atoms with E-state index >= 15 is 0 Å². The maximum atomic E-state index is 12.7. The van der Waals surface area contributed by atoms with Gasteiger partial charge in [-0.1, -0.05) is 69.3 Å². The molecule has 8 heteroatoms. The van der Waals surface area contributed by atoms with Crippen molar-refractivity contribution in [3.63, 3.8) is 0 Å². The molecular formula is C24H23N7O. The zero-order valence-electron chi connectivity index (χ0n) is 18.4. The minimum absolute atomic E-state index is 0.214. The van der Waals surface area contributed by atoms with Gasteiger partial charge in [0.25, 0.3) is 5.56 Å². The predicted octanol–water partition coefficient (Wildman–Crippen LogP) is 5.15. The Kier molecular flexibility index (Phi) is 5.33. The summed E-state index contributed by atoms with van der Waals surface area (Å²) < 4.78 is 2.96. The van der Waals surface area contributed by atoms with E-state index in [0.29, 0.717) is 11.4 Å². The van der Waals surface area contributed by atoms with Crippen molar-refractivity contribution >= 4 is 11.5 Å². The van der Waals surface area contributed by atoms with E-state index in [9.17, 15) is 10.1 Å². The van der Waals surface area contributed by atoms with Crippen molar-refractivity contribution in [3.8, 4) is 23.0 Å². The van der Waals surface area contributed by atoms with Crippen LogP contribution in [-0.2, 0) is 12.5 Å². The van der Waals surface area contributed by atoms with Crippen LogP contribution in [0.25, 0.3) is 16.9 Å². The molecule has 0 saturated carbocycles. The lowest BCUT2D eigenvalue weighted by Gasteiger charge is -2.16. The molecule has 4 aromatic rings. The highest BCUT2D eigenvalue weighted by atomic mass is 16.1. The highest BCUT2D eigenvalue weighted by Gasteiger charge is 2.25. The zero-order valence-corrected chi connectivity index (χ0v) is 18.4. The first-order valence-electron chi connectivity index (χ1n) is 10.2. The summed E-state index contributed by atoms with van der Waals surface area (Å²) in [6.45, 7) is 5.96. The van der Waals surface area contributed by atoms with Crippen LogP contribution < -0.4 is 5.56 Å². The molecule has 0 aliphatic carbocycles. The minimum Gasteiger partial charge on any atom is -0.297 e. The number of rotatable bonds is 4. The average molecular weight is 425 g/mol. The zero-order chi connectivity index (χ0) is 22.9. The van der Waals surface area contributed by atoms with Crippen LogP contribution in [-0.4, -0.2) is 19.6 Å². The summed E-state index contributed by atoms with van der Waals surface area (Å²) in [5.41, 5.74) is 2.57. The molecule has 2 aromatic heterocycles. The van der Waals surface area contributed by atoms with Crippen LogP contribution >= 0.6 is 0 Å². The highest BCUT2D eigenvalue weighted by Crippen LogP contribution is 2.34. The summed E-state index contributed by atoms with van der Waals surface area (Å²) in [6, 6.07) is 21.1. The predicted molar refractivity (Wildman–Crippen MR) is 123 cm³/mol. The fourth-order valence-electron chi connectivity index (χ4n) is 3.40. The van der Waals surface area contributed by atoms with Gasteiger partial charge in [-0.25, -0.2) is 4.68 Å². The van der Waals surface area contributed by atoms with E-state index in [1.54, 1.807) is 11.7 Å². The fourth-order valence-corrected chi connectivity index (χ4v) is 3.40. The Hall–Kier alpha value is -4.25. The molecule has 160 valence electrons. The van der Waals surface area contributed by atoms with Crippen LogP contribution in [0.2, 0.25) is 0 Å². The molecule has 8 nitrogen and oxygen atoms in total. The Morgan fingerprint density at radius 1 is 1.00 bits per heavy atom. The summed E-state index contributed by atoms with van der Waals surface area (Å²) in [6.07, 6.45) is 0. The van der Waals surface area contributed by atoms with Gasteiger partial charge >= 0.3 is 0 Å². The van der Waals surface area contributed by atoms with Crippen molar-refractivity contribution in [3.05, 3.63) is 82.3 Å². The van der Waals surface area contributed by atoms with Gasteiger partial charge in [-0.05, 0) is 12.1 Å². The van der Waals surface area contributed by atoms with Crippen molar-refractivity contribution < 1.29 is 0 Å². The number of nitrogens with zero attached hydrogens (tertiary/aromatic N) is 6. The Morgan fingerprint density at radius 2 is 1.62 bits per heavy atom. The average Bonchev–Trinajstić information content (AvgIpc) is 3.30. The molecule has 0 spiro atoms. The second kappa shape index (κ2) is 8.12. The standard InChI is InChI=1S/C24H23N7O/c1-24(2,3)21-20(23(32)30(4)29-21)26-27-22-18(15-25)19(16-11-7-5-8-12-16)28-31(22)17-13-9-6-10-14-17/h5-14,29H,1-4H3. The molecule has 0 bridgehead atoms. The van der Waals surface area contributed by atoms with Gasteiger partial charge in [0.15, 0.2) is 11.5 Å². The van der Waals surface area contributed by atoms with Crippen LogP contribution in [0.4, 0.5) is 11.5 Å². The number of hydrogen-bond acceptors (Lipinski definition) is 5. The Bertz CT molecular complexity index is 1380. The molecule has 0 unspecified atom stereocenters. The van der Waals surface area contributed by atoms with E-state index < -0.39 is 0 Å². The number of azo groups is 1. The molecule has 0 saturated heterocycles. The van der Waals surface area contributed by atoms with Crippen LogP contribution in [0.3, 0.4) is 0 Å². The molecular weight excluding hydrogens is 402 g/mol. The topological polar surface area (TPSA) is 104 Å². The number of aromatic amines is 1. The quantitative estimate of drug-likeness (QED) is 0.457. The third-order valence-electron chi connectivity index (χ3n) is 5.04. The van der Waals surface area contributed by atoms with Crippen molar-refractivity contribution in [1.82, 2.24) is 19.6 Å². The van der Waals surface area contributed by atoms with Crippen LogP contribution in [0, 0.1) is 11.3 Å². The normalized spacial score (nSPS) is 11.7. The third-order valence-corrected chi connectivity index (χ3v) is 5.04. The van der Waals surface area contributed by atoms with E-state index in [2.05, 4.69) is 26.5 Å². The summed E-state index contributed by atoms with van der Waals surface area (Å²) in [5.74, 6) is 0.265. The SMILES string of the molecule is Cn1[nH]c(C(C)(C)C)c(N=Nc2c(C#N)c(-c3ccccc3)nn2-c2ccccc2)c1=O. The molecule has 0 atom stereocenters. The number of benzene rings is 2. The third kappa shape index (κ3) is 3.76. The first kappa shape index (κ1) is 21.0. The van der Waals surface area contributed by atoms with Gasteiger partial charge in [-0.15, -0.1) is 10.2 Å². The van der Waals surface area contributed by atoms with Gasteiger partial charge in [0, 0.05) is 18.0 Å². The monoisotopic (exact) mass is 425 g/mol. The maximum absolute atomic E-state index is 12.7. The molecule has 2 aromatic carbocycles. The molecule has 32 heavy (non-hydrogen) atoms. The highest BCUT2D eigenvalue weighted by molar-refractivity contribution is 5.73. The lowest BCUT2D eigenvalue weighted by Crippen LogP contribution is -2.12. The summed E-state index contributed by atoms with van der Waals surface area (Å²) in [4.78, 5) is 12.7. The molecule has 0 radical (unpaired) electrons. The molecule has 1 N–H and O–H groups in total. The molecule has 0 aliphatic heterocycles. The van der Waals surface area contributed by atoms with Gasteiger partial charge in [0.2, 0.25) is 0 Å². The van der Waals surface area contributed by atoms with Gasteiger partial charge in [0.1, 0.15) is 17.3 Å². The lowest BCUT2D eigenvalue weighted by molar-refractivity contribution is 0.552. The molecule has 0 fully saturated rings. The fraction of sp³-hybridized carbons (Fsp3) is 0.208. The molecule has 2 heterocycles. The Balaban J connectivity index is 1.95. The second-order valence-electron chi connectivity index (χ2n) is 8.42. The smallest absolute Gasteiger partial charge is 0.294 e. The first-order valence-corrected chi connectivity index (χ1v) is 10.2. The van der Waals surface area contributed by atoms with E-state index in [1.807, 2.05) is 81.4 Å². The van der Waals surface area contributed by atoms with E-state index in [1.165, 1.54) is 4.68 Å². The lowest BCUT2D eigenvalue weighted by atomic mass is 9.91. The molecule has 0 aliphatic rings. The van der Waals surface area contributed by atoms with Crippen LogP contribution in [0.5, 0.6) is 0 Å². The van der Waals surface area contributed by atoms with Crippen molar-refractivity contribution in [2.45, 2.75) is 26.2 Å². The maximum Gasteiger partial charge on any atom is 0.294 e.